The molecule has 2 rings (SSSR count). The van der Waals surface area contributed by atoms with Crippen molar-refractivity contribution in [3.63, 3.8) is 0 Å². The second-order valence-electron chi connectivity index (χ2n) is 5.09. The molecule has 118 valence electrons. The van der Waals surface area contributed by atoms with Crippen molar-refractivity contribution in [2.24, 2.45) is 5.10 Å². The van der Waals surface area contributed by atoms with Gasteiger partial charge in [0.2, 0.25) is 0 Å². The molecular formula is C15H19N3O4. The number of benzene rings is 1. The van der Waals surface area contributed by atoms with Gasteiger partial charge in [0, 0.05) is 0 Å². The minimum Gasteiger partial charge on any atom is -0.493 e. The number of hydrogen-bond acceptors (Lipinski definition) is 5. The van der Waals surface area contributed by atoms with Gasteiger partial charge in [-0.15, -0.1) is 5.01 Å². The molecule has 1 saturated heterocycles. The van der Waals surface area contributed by atoms with E-state index in [9.17, 15) is 9.59 Å². The Balaban J connectivity index is 2.22. The number of ether oxygens (including phenoxy) is 2. The Labute approximate surface area is 128 Å². The molecular weight excluding hydrogens is 286 g/mol. The minimum absolute atomic E-state index is 0.364. The molecule has 0 aliphatic carbocycles. The van der Waals surface area contributed by atoms with Gasteiger partial charge in [-0.3, -0.25) is 4.79 Å². The predicted molar refractivity (Wildman–Crippen MR) is 81.2 cm³/mol. The lowest BCUT2D eigenvalue weighted by Gasteiger charge is -2.17. The summed E-state index contributed by atoms with van der Waals surface area (Å²) in [5.41, 5.74) is -0.213. The van der Waals surface area contributed by atoms with Crippen LogP contribution in [-0.2, 0) is 4.79 Å². The Morgan fingerprint density at radius 3 is 2.50 bits per heavy atom. The summed E-state index contributed by atoms with van der Waals surface area (Å²) in [4.78, 5) is 24.0. The molecule has 1 aliphatic heterocycles. The summed E-state index contributed by atoms with van der Waals surface area (Å²) in [6.45, 7) is 3.51. The maximum atomic E-state index is 12.2. The summed E-state index contributed by atoms with van der Waals surface area (Å²) < 4.78 is 10.3. The highest BCUT2D eigenvalue weighted by atomic mass is 16.5. The van der Waals surface area contributed by atoms with Gasteiger partial charge in [-0.25, -0.2) is 4.79 Å². The van der Waals surface area contributed by atoms with Crippen molar-refractivity contribution in [1.82, 2.24) is 10.3 Å². The Hall–Kier alpha value is -2.57. The van der Waals surface area contributed by atoms with Crippen molar-refractivity contribution < 1.29 is 19.1 Å². The standard InChI is InChI=1S/C15H19N3O4/c1-5-15(2)13(19)18(14(20)17-15)16-9-10-6-7-11(21-3)12(8-10)22-4/h6-9H,5H2,1-4H3,(H,17,20)/b16-9-/t15-/m0/s1. The summed E-state index contributed by atoms with van der Waals surface area (Å²) in [6, 6.07) is 4.66. The van der Waals surface area contributed by atoms with Gasteiger partial charge in [-0.05, 0) is 37.1 Å². The van der Waals surface area contributed by atoms with E-state index in [1.165, 1.54) is 13.3 Å². The van der Waals surface area contributed by atoms with Crippen LogP contribution in [0.25, 0.3) is 0 Å². The van der Waals surface area contributed by atoms with Gasteiger partial charge >= 0.3 is 6.03 Å². The number of imide groups is 1. The molecule has 22 heavy (non-hydrogen) atoms. The summed E-state index contributed by atoms with van der Waals surface area (Å²) in [5, 5.41) is 7.46. The Morgan fingerprint density at radius 1 is 1.27 bits per heavy atom. The van der Waals surface area contributed by atoms with E-state index in [0.29, 0.717) is 23.5 Å². The van der Waals surface area contributed by atoms with Crippen molar-refractivity contribution in [1.29, 1.82) is 0 Å². The van der Waals surface area contributed by atoms with E-state index in [-0.39, 0.29) is 5.91 Å². The molecule has 1 aromatic carbocycles. The van der Waals surface area contributed by atoms with Crippen LogP contribution in [0.4, 0.5) is 4.79 Å². The number of methoxy groups -OCH3 is 2. The van der Waals surface area contributed by atoms with Crippen LogP contribution in [0, 0.1) is 0 Å². The van der Waals surface area contributed by atoms with Crippen LogP contribution in [0.3, 0.4) is 0 Å². The topological polar surface area (TPSA) is 80.2 Å². The molecule has 0 spiro atoms. The third-order valence-electron chi connectivity index (χ3n) is 3.68. The monoisotopic (exact) mass is 305 g/mol. The molecule has 1 atom stereocenters. The maximum Gasteiger partial charge on any atom is 0.346 e. The van der Waals surface area contributed by atoms with E-state index in [1.807, 2.05) is 6.92 Å². The van der Waals surface area contributed by atoms with Crippen molar-refractivity contribution >= 4 is 18.2 Å². The van der Waals surface area contributed by atoms with Crippen LogP contribution in [-0.4, -0.2) is 42.9 Å². The lowest BCUT2D eigenvalue weighted by molar-refractivity contribution is -0.130. The zero-order chi connectivity index (χ0) is 16.3. The van der Waals surface area contributed by atoms with Crippen molar-refractivity contribution in [3.05, 3.63) is 23.8 Å². The van der Waals surface area contributed by atoms with Crippen molar-refractivity contribution in [3.8, 4) is 11.5 Å². The van der Waals surface area contributed by atoms with E-state index in [0.717, 1.165) is 5.01 Å². The van der Waals surface area contributed by atoms with Crippen LogP contribution in [0.15, 0.2) is 23.3 Å². The molecule has 1 aromatic rings. The van der Waals surface area contributed by atoms with Gasteiger partial charge in [0.05, 0.1) is 20.4 Å². The molecule has 7 nitrogen and oxygen atoms in total. The number of hydrogen-bond donors (Lipinski definition) is 1. The van der Waals surface area contributed by atoms with Gasteiger partial charge in [0.1, 0.15) is 5.54 Å². The van der Waals surface area contributed by atoms with Crippen LogP contribution in [0.1, 0.15) is 25.8 Å². The molecule has 0 unspecified atom stereocenters. The fourth-order valence-electron chi connectivity index (χ4n) is 2.07. The van der Waals surface area contributed by atoms with Crippen molar-refractivity contribution in [2.45, 2.75) is 25.8 Å². The van der Waals surface area contributed by atoms with Gasteiger partial charge in [0.15, 0.2) is 11.5 Å². The van der Waals surface area contributed by atoms with Gasteiger partial charge < -0.3 is 14.8 Å². The van der Waals surface area contributed by atoms with E-state index >= 15 is 0 Å². The Kier molecular flexibility index (Phi) is 4.35. The van der Waals surface area contributed by atoms with Gasteiger partial charge in [0.25, 0.3) is 5.91 Å². The largest absolute Gasteiger partial charge is 0.493 e. The lowest BCUT2D eigenvalue weighted by Crippen LogP contribution is -2.42. The fraction of sp³-hybridized carbons (Fsp3) is 0.400. The number of hydrazone groups is 1. The van der Waals surface area contributed by atoms with Gasteiger partial charge in [-0.2, -0.15) is 5.10 Å². The first-order valence-electron chi connectivity index (χ1n) is 6.88. The minimum atomic E-state index is -0.897. The zero-order valence-electron chi connectivity index (χ0n) is 13.0. The smallest absolute Gasteiger partial charge is 0.346 e. The molecule has 0 saturated carbocycles. The SMILES string of the molecule is CC[C@]1(C)NC(=O)N(/N=C\c2ccc(OC)c(OC)c2)C1=O. The number of nitrogens with zero attached hydrogens (tertiary/aromatic N) is 2. The molecule has 1 N–H and O–H groups in total. The second kappa shape index (κ2) is 6.05. The molecule has 1 fully saturated rings. The number of carbonyl (C=O) groups is 2. The number of rotatable bonds is 5. The average molecular weight is 305 g/mol. The molecule has 1 aliphatic rings. The third-order valence-corrected chi connectivity index (χ3v) is 3.68. The molecule has 3 amide bonds. The summed E-state index contributed by atoms with van der Waals surface area (Å²) in [7, 11) is 3.08. The van der Waals surface area contributed by atoms with Crippen molar-refractivity contribution in [2.75, 3.05) is 14.2 Å². The normalized spacial score (nSPS) is 21.4. The average Bonchev–Trinajstić information content (AvgIpc) is 2.75. The number of urea groups is 1. The molecule has 7 heteroatoms. The first-order valence-corrected chi connectivity index (χ1v) is 6.88. The Morgan fingerprint density at radius 2 is 1.95 bits per heavy atom. The first kappa shape index (κ1) is 15.8. The zero-order valence-corrected chi connectivity index (χ0v) is 13.0. The van der Waals surface area contributed by atoms with Crippen LogP contribution in [0.2, 0.25) is 0 Å². The maximum absolute atomic E-state index is 12.2. The first-order chi connectivity index (χ1) is 10.4. The van der Waals surface area contributed by atoms with Gasteiger partial charge in [-0.1, -0.05) is 6.92 Å². The highest BCUT2D eigenvalue weighted by Gasteiger charge is 2.46. The van der Waals surface area contributed by atoms with E-state index in [1.54, 1.807) is 32.2 Å². The van der Waals surface area contributed by atoms with Crippen LogP contribution >= 0.6 is 0 Å². The highest BCUT2D eigenvalue weighted by molar-refractivity contribution is 6.07. The number of nitrogens with one attached hydrogen (secondary N) is 1. The van der Waals surface area contributed by atoms with Crippen LogP contribution < -0.4 is 14.8 Å². The summed E-state index contributed by atoms with van der Waals surface area (Å²) in [5.74, 6) is 0.770. The predicted octanol–water partition coefficient (Wildman–Crippen LogP) is 1.76. The lowest BCUT2D eigenvalue weighted by atomic mass is 10.00. The molecule has 0 bridgehead atoms. The van der Waals surface area contributed by atoms with E-state index in [2.05, 4.69) is 10.4 Å². The van der Waals surface area contributed by atoms with Crippen LogP contribution in [0.5, 0.6) is 11.5 Å². The molecule has 0 radical (unpaired) electrons. The third kappa shape index (κ3) is 2.74. The summed E-state index contributed by atoms with van der Waals surface area (Å²) >= 11 is 0. The molecule has 0 aromatic heterocycles. The summed E-state index contributed by atoms with van der Waals surface area (Å²) in [6.07, 6.45) is 1.93. The molecule has 1 heterocycles. The van der Waals surface area contributed by atoms with E-state index in [4.69, 9.17) is 9.47 Å². The van der Waals surface area contributed by atoms with E-state index < -0.39 is 11.6 Å². The highest BCUT2D eigenvalue weighted by Crippen LogP contribution is 2.27. The number of amides is 3. The second-order valence-corrected chi connectivity index (χ2v) is 5.09. The fourth-order valence-corrected chi connectivity index (χ4v) is 2.07. The number of carbonyl (C=O) groups excluding carboxylic acids is 2. The quantitative estimate of drug-likeness (QED) is 0.664. The Bertz CT molecular complexity index is 629.